The molecule has 0 saturated carbocycles. The first-order chi connectivity index (χ1) is 14.7. The molecule has 1 amide bonds. The maximum atomic E-state index is 12.7. The molecule has 0 spiro atoms. The molecule has 5 aromatic rings. The molecule has 0 fully saturated rings. The fourth-order valence-electron chi connectivity index (χ4n) is 3.18. The molecule has 0 radical (unpaired) electrons. The van der Waals surface area contributed by atoms with Crippen LogP contribution in [-0.2, 0) is 6.54 Å². The van der Waals surface area contributed by atoms with Gasteiger partial charge in [0.15, 0.2) is 0 Å². The van der Waals surface area contributed by atoms with Gasteiger partial charge in [-0.05, 0) is 42.1 Å². The molecule has 0 aliphatic carbocycles. The van der Waals surface area contributed by atoms with Crippen LogP contribution in [0, 0.1) is 6.92 Å². The van der Waals surface area contributed by atoms with Crippen molar-refractivity contribution in [2.75, 3.05) is 0 Å². The van der Waals surface area contributed by atoms with E-state index < -0.39 is 0 Å². The summed E-state index contributed by atoms with van der Waals surface area (Å²) in [7, 11) is 0. The van der Waals surface area contributed by atoms with Crippen LogP contribution in [0.4, 0.5) is 0 Å². The van der Waals surface area contributed by atoms with Gasteiger partial charge in [0, 0.05) is 12.7 Å². The molecule has 4 heterocycles. The zero-order chi connectivity index (χ0) is 20.5. The largest absolute Gasteiger partial charge is 0.347 e. The maximum Gasteiger partial charge on any atom is 0.263 e. The number of amides is 1. The number of hydrogen-bond donors (Lipinski definition) is 1. The highest BCUT2D eigenvalue weighted by Crippen LogP contribution is 2.31. The highest BCUT2D eigenvalue weighted by Gasteiger charge is 2.16. The fourth-order valence-corrected chi connectivity index (χ4v) is 4.96. The first-order valence-corrected chi connectivity index (χ1v) is 11.1. The van der Waals surface area contributed by atoms with Crippen molar-refractivity contribution < 1.29 is 4.79 Å². The molecular weight excluding hydrogens is 414 g/mol. The van der Waals surface area contributed by atoms with Gasteiger partial charge >= 0.3 is 0 Å². The predicted octanol–water partition coefficient (Wildman–Crippen LogP) is 4.84. The summed E-state index contributed by atoms with van der Waals surface area (Å²) in [4.78, 5) is 27.9. The standard InChI is InChI=1S/C22H17N5OS2/c1-14-20(30-22(26-14)18-7-4-10-29-18)21(28)24-12-15-8-9-19(23-11-15)27-13-25-16-5-2-3-6-17(16)27/h2-11,13H,12H2,1H3,(H,24,28). The molecule has 5 rings (SSSR count). The van der Waals surface area contributed by atoms with Crippen molar-refractivity contribution in [1.82, 2.24) is 24.8 Å². The average Bonchev–Trinajstić information content (AvgIpc) is 3.52. The van der Waals surface area contributed by atoms with Crippen LogP contribution in [0.1, 0.15) is 20.9 Å². The topological polar surface area (TPSA) is 72.7 Å². The van der Waals surface area contributed by atoms with Crippen LogP contribution in [-0.4, -0.2) is 25.4 Å². The van der Waals surface area contributed by atoms with Crippen molar-refractivity contribution in [3.8, 4) is 15.7 Å². The summed E-state index contributed by atoms with van der Waals surface area (Å²) in [5, 5.41) is 5.86. The molecule has 4 aromatic heterocycles. The van der Waals surface area contributed by atoms with E-state index in [9.17, 15) is 4.79 Å². The van der Waals surface area contributed by atoms with Gasteiger partial charge in [-0.1, -0.05) is 24.3 Å². The van der Waals surface area contributed by atoms with Gasteiger partial charge in [-0.2, -0.15) is 0 Å². The molecule has 0 unspecified atom stereocenters. The minimum atomic E-state index is -0.113. The van der Waals surface area contributed by atoms with E-state index in [1.807, 2.05) is 65.4 Å². The fraction of sp³-hybridized carbons (Fsp3) is 0.0909. The lowest BCUT2D eigenvalue weighted by molar-refractivity contribution is 0.0954. The second kappa shape index (κ2) is 7.81. The van der Waals surface area contributed by atoms with E-state index in [-0.39, 0.29) is 5.91 Å². The maximum absolute atomic E-state index is 12.7. The van der Waals surface area contributed by atoms with Crippen molar-refractivity contribution in [1.29, 1.82) is 0 Å². The summed E-state index contributed by atoms with van der Waals surface area (Å²) in [6, 6.07) is 15.8. The second-order valence-electron chi connectivity index (χ2n) is 6.72. The van der Waals surface area contributed by atoms with E-state index in [2.05, 4.69) is 20.3 Å². The number of nitrogens with one attached hydrogen (secondary N) is 1. The molecule has 0 aliphatic heterocycles. The van der Waals surface area contributed by atoms with Crippen LogP contribution in [0.2, 0.25) is 0 Å². The first-order valence-electron chi connectivity index (χ1n) is 9.36. The molecule has 8 heteroatoms. The zero-order valence-electron chi connectivity index (χ0n) is 16.1. The molecular formula is C22H17N5OS2. The molecule has 0 bridgehead atoms. The number of para-hydroxylation sites is 2. The number of thiazole rings is 1. The number of carbonyl (C=O) groups is 1. The number of hydrogen-bond acceptors (Lipinski definition) is 6. The van der Waals surface area contributed by atoms with Gasteiger partial charge in [0.1, 0.15) is 22.0 Å². The lowest BCUT2D eigenvalue weighted by Gasteiger charge is -2.07. The lowest BCUT2D eigenvalue weighted by atomic mass is 10.2. The van der Waals surface area contributed by atoms with Crippen LogP contribution in [0.5, 0.6) is 0 Å². The SMILES string of the molecule is Cc1nc(-c2cccs2)sc1C(=O)NCc1ccc(-n2cnc3ccccc32)nc1. The molecule has 0 aliphatic rings. The summed E-state index contributed by atoms with van der Waals surface area (Å²) in [6.07, 6.45) is 3.55. The van der Waals surface area contributed by atoms with Gasteiger partial charge in [0.2, 0.25) is 0 Å². The summed E-state index contributed by atoms with van der Waals surface area (Å²) < 4.78 is 1.95. The molecule has 1 N–H and O–H groups in total. The third-order valence-electron chi connectivity index (χ3n) is 4.70. The predicted molar refractivity (Wildman–Crippen MR) is 120 cm³/mol. The van der Waals surface area contributed by atoms with Gasteiger partial charge in [-0.15, -0.1) is 22.7 Å². The number of carbonyl (C=O) groups excluding carboxylic acids is 1. The van der Waals surface area contributed by atoms with Crippen molar-refractivity contribution in [3.05, 3.63) is 82.6 Å². The third-order valence-corrected chi connectivity index (χ3v) is 6.89. The molecule has 0 saturated heterocycles. The van der Waals surface area contributed by atoms with Gasteiger partial charge in [-0.3, -0.25) is 9.36 Å². The molecule has 6 nitrogen and oxygen atoms in total. The average molecular weight is 432 g/mol. The Morgan fingerprint density at radius 3 is 2.80 bits per heavy atom. The normalized spacial score (nSPS) is 11.1. The number of imidazole rings is 1. The highest BCUT2D eigenvalue weighted by atomic mass is 32.1. The highest BCUT2D eigenvalue weighted by molar-refractivity contribution is 7.22. The zero-order valence-corrected chi connectivity index (χ0v) is 17.7. The van der Waals surface area contributed by atoms with Gasteiger partial charge in [-0.25, -0.2) is 15.0 Å². The quantitative estimate of drug-likeness (QED) is 0.432. The smallest absolute Gasteiger partial charge is 0.263 e. The van der Waals surface area contributed by atoms with Crippen LogP contribution >= 0.6 is 22.7 Å². The van der Waals surface area contributed by atoms with Crippen LogP contribution < -0.4 is 5.32 Å². The lowest BCUT2D eigenvalue weighted by Crippen LogP contribution is -2.22. The van der Waals surface area contributed by atoms with Gasteiger partial charge < -0.3 is 5.32 Å². The van der Waals surface area contributed by atoms with E-state index >= 15 is 0 Å². The Labute approximate surface area is 180 Å². The Morgan fingerprint density at radius 2 is 2.00 bits per heavy atom. The monoisotopic (exact) mass is 431 g/mol. The van der Waals surface area contributed by atoms with Crippen molar-refractivity contribution in [2.24, 2.45) is 0 Å². The first kappa shape index (κ1) is 18.7. The number of rotatable bonds is 5. The molecule has 30 heavy (non-hydrogen) atoms. The summed E-state index contributed by atoms with van der Waals surface area (Å²) in [6.45, 7) is 2.27. The minimum Gasteiger partial charge on any atom is -0.347 e. The molecule has 148 valence electrons. The number of thiophene rings is 1. The minimum absolute atomic E-state index is 0.113. The Balaban J connectivity index is 1.28. The molecule has 1 aromatic carbocycles. The number of aryl methyl sites for hydroxylation is 1. The van der Waals surface area contributed by atoms with E-state index in [1.54, 1.807) is 23.9 Å². The van der Waals surface area contributed by atoms with Crippen LogP contribution in [0.3, 0.4) is 0 Å². The number of pyridine rings is 1. The summed E-state index contributed by atoms with van der Waals surface area (Å²) in [5.41, 5.74) is 3.62. The second-order valence-corrected chi connectivity index (χ2v) is 8.67. The van der Waals surface area contributed by atoms with Crippen molar-refractivity contribution >= 4 is 39.6 Å². The Hall–Kier alpha value is -3.36. The number of aromatic nitrogens is 4. The third kappa shape index (κ3) is 3.51. The van der Waals surface area contributed by atoms with Crippen molar-refractivity contribution in [2.45, 2.75) is 13.5 Å². The Morgan fingerprint density at radius 1 is 1.10 bits per heavy atom. The number of benzene rings is 1. The van der Waals surface area contributed by atoms with Crippen molar-refractivity contribution in [3.63, 3.8) is 0 Å². The molecule has 0 atom stereocenters. The van der Waals surface area contributed by atoms with E-state index in [0.29, 0.717) is 11.4 Å². The Bertz CT molecular complexity index is 1320. The van der Waals surface area contributed by atoms with E-state index in [1.165, 1.54) is 11.3 Å². The number of nitrogens with zero attached hydrogens (tertiary/aromatic N) is 4. The van der Waals surface area contributed by atoms with E-state index in [0.717, 1.165) is 38.0 Å². The van der Waals surface area contributed by atoms with Gasteiger partial charge in [0.05, 0.1) is 21.6 Å². The Kier molecular flexibility index (Phi) is 4.86. The summed E-state index contributed by atoms with van der Waals surface area (Å²) in [5.74, 6) is 0.676. The van der Waals surface area contributed by atoms with Gasteiger partial charge in [0.25, 0.3) is 5.91 Å². The van der Waals surface area contributed by atoms with Crippen LogP contribution in [0.25, 0.3) is 26.7 Å². The van der Waals surface area contributed by atoms with Crippen LogP contribution in [0.15, 0.2) is 66.4 Å². The summed E-state index contributed by atoms with van der Waals surface area (Å²) >= 11 is 3.05. The number of fused-ring (bicyclic) bond motifs is 1. The van der Waals surface area contributed by atoms with E-state index in [4.69, 9.17) is 0 Å².